The van der Waals surface area contributed by atoms with Gasteiger partial charge >= 0.3 is 5.97 Å². The summed E-state index contributed by atoms with van der Waals surface area (Å²) in [6.07, 6.45) is -0.486. The molecule has 0 spiro atoms. The fraction of sp³-hybridized carbons (Fsp3) is 0.235. The van der Waals surface area contributed by atoms with Gasteiger partial charge in [0, 0.05) is 12.7 Å². The van der Waals surface area contributed by atoms with Gasteiger partial charge in [-0.15, -0.1) is 0 Å². The van der Waals surface area contributed by atoms with E-state index in [1.54, 1.807) is 38.3 Å². The van der Waals surface area contributed by atoms with Gasteiger partial charge in [0.1, 0.15) is 5.75 Å². The SMILES string of the molecule is CCOC(=O)c1ccc(OC(OC)c2ccccc2)cc1. The van der Waals surface area contributed by atoms with E-state index in [0.29, 0.717) is 17.9 Å². The lowest BCUT2D eigenvalue weighted by molar-refractivity contribution is -0.0562. The van der Waals surface area contributed by atoms with Crippen LogP contribution in [-0.4, -0.2) is 19.7 Å². The molecule has 1 unspecified atom stereocenters. The van der Waals surface area contributed by atoms with E-state index < -0.39 is 6.29 Å². The second kappa shape index (κ2) is 7.45. The molecule has 0 fully saturated rings. The lowest BCUT2D eigenvalue weighted by Gasteiger charge is -2.17. The molecule has 0 aliphatic heterocycles. The number of carbonyl (C=O) groups excluding carboxylic acids is 1. The molecule has 0 amide bonds. The highest BCUT2D eigenvalue weighted by molar-refractivity contribution is 5.89. The van der Waals surface area contributed by atoms with E-state index in [-0.39, 0.29) is 5.97 Å². The van der Waals surface area contributed by atoms with Crippen LogP contribution in [0.2, 0.25) is 0 Å². The van der Waals surface area contributed by atoms with Crippen LogP contribution >= 0.6 is 0 Å². The molecule has 110 valence electrons. The van der Waals surface area contributed by atoms with Crippen LogP contribution in [-0.2, 0) is 9.47 Å². The van der Waals surface area contributed by atoms with Gasteiger partial charge in [0.05, 0.1) is 12.2 Å². The Kier molecular flexibility index (Phi) is 5.35. The Bertz CT molecular complexity index is 563. The Morgan fingerprint density at radius 1 is 1.05 bits per heavy atom. The van der Waals surface area contributed by atoms with E-state index >= 15 is 0 Å². The Morgan fingerprint density at radius 3 is 2.29 bits per heavy atom. The molecule has 0 aromatic heterocycles. The molecule has 1 atom stereocenters. The summed E-state index contributed by atoms with van der Waals surface area (Å²) in [6, 6.07) is 16.4. The van der Waals surface area contributed by atoms with E-state index in [1.165, 1.54) is 0 Å². The lowest BCUT2D eigenvalue weighted by Crippen LogP contribution is -2.10. The van der Waals surface area contributed by atoms with Crippen molar-refractivity contribution < 1.29 is 19.0 Å². The van der Waals surface area contributed by atoms with Crippen LogP contribution in [0.15, 0.2) is 54.6 Å². The largest absolute Gasteiger partial charge is 0.462 e. The first-order valence-electron chi connectivity index (χ1n) is 6.76. The van der Waals surface area contributed by atoms with Gasteiger partial charge in [0.2, 0.25) is 6.29 Å². The topological polar surface area (TPSA) is 44.8 Å². The summed E-state index contributed by atoms with van der Waals surface area (Å²) < 4.78 is 16.0. The number of carbonyl (C=O) groups is 1. The summed E-state index contributed by atoms with van der Waals surface area (Å²) in [7, 11) is 1.59. The van der Waals surface area contributed by atoms with Crippen LogP contribution < -0.4 is 4.74 Å². The third-order valence-corrected chi connectivity index (χ3v) is 2.89. The van der Waals surface area contributed by atoms with Crippen LogP contribution in [0.5, 0.6) is 5.75 Å². The van der Waals surface area contributed by atoms with E-state index in [4.69, 9.17) is 14.2 Å². The monoisotopic (exact) mass is 286 g/mol. The zero-order valence-electron chi connectivity index (χ0n) is 12.1. The first-order valence-corrected chi connectivity index (χ1v) is 6.76. The van der Waals surface area contributed by atoms with Crippen molar-refractivity contribution in [3.63, 3.8) is 0 Å². The molecule has 0 bridgehead atoms. The molecule has 21 heavy (non-hydrogen) atoms. The van der Waals surface area contributed by atoms with Gasteiger partial charge < -0.3 is 14.2 Å². The minimum absolute atomic E-state index is 0.338. The highest BCUT2D eigenvalue weighted by Crippen LogP contribution is 2.23. The molecular weight excluding hydrogens is 268 g/mol. The first-order chi connectivity index (χ1) is 10.2. The number of esters is 1. The predicted molar refractivity (Wildman–Crippen MR) is 79.2 cm³/mol. The van der Waals surface area contributed by atoms with Crippen molar-refractivity contribution in [3.8, 4) is 5.75 Å². The van der Waals surface area contributed by atoms with E-state index in [9.17, 15) is 4.79 Å². The third-order valence-electron chi connectivity index (χ3n) is 2.89. The van der Waals surface area contributed by atoms with E-state index in [1.807, 2.05) is 30.3 Å². The van der Waals surface area contributed by atoms with E-state index in [0.717, 1.165) is 5.56 Å². The second-order valence-corrected chi connectivity index (χ2v) is 4.34. The maximum absolute atomic E-state index is 11.6. The van der Waals surface area contributed by atoms with Crippen molar-refractivity contribution in [1.29, 1.82) is 0 Å². The Morgan fingerprint density at radius 2 is 1.71 bits per heavy atom. The fourth-order valence-corrected chi connectivity index (χ4v) is 1.87. The molecule has 2 aromatic rings. The quantitative estimate of drug-likeness (QED) is 0.601. The molecule has 0 N–H and O–H groups in total. The van der Waals surface area contributed by atoms with Gasteiger partial charge in [0.25, 0.3) is 0 Å². The van der Waals surface area contributed by atoms with Crippen molar-refractivity contribution in [2.75, 3.05) is 13.7 Å². The molecule has 0 aliphatic rings. The maximum atomic E-state index is 11.6. The predicted octanol–water partition coefficient (Wildman–Crippen LogP) is 3.59. The average Bonchev–Trinajstić information content (AvgIpc) is 2.54. The minimum Gasteiger partial charge on any atom is -0.462 e. The minimum atomic E-state index is -0.486. The van der Waals surface area contributed by atoms with Gasteiger partial charge in [-0.25, -0.2) is 4.79 Å². The fourth-order valence-electron chi connectivity index (χ4n) is 1.87. The Labute approximate surface area is 124 Å². The van der Waals surface area contributed by atoms with Gasteiger partial charge in [-0.1, -0.05) is 30.3 Å². The van der Waals surface area contributed by atoms with Gasteiger partial charge in [0.15, 0.2) is 0 Å². The van der Waals surface area contributed by atoms with Crippen LogP contribution in [0, 0.1) is 0 Å². The summed E-state index contributed by atoms with van der Waals surface area (Å²) in [6.45, 7) is 2.13. The van der Waals surface area contributed by atoms with Crippen molar-refractivity contribution in [3.05, 3.63) is 65.7 Å². The molecule has 0 radical (unpaired) electrons. The zero-order chi connectivity index (χ0) is 15.1. The molecule has 4 nitrogen and oxygen atoms in total. The number of benzene rings is 2. The molecule has 4 heteroatoms. The number of hydrogen-bond donors (Lipinski definition) is 0. The maximum Gasteiger partial charge on any atom is 0.338 e. The van der Waals surface area contributed by atoms with Crippen LogP contribution in [0.4, 0.5) is 0 Å². The number of rotatable bonds is 6. The lowest BCUT2D eigenvalue weighted by atomic mass is 10.2. The van der Waals surface area contributed by atoms with Gasteiger partial charge in [-0.2, -0.15) is 0 Å². The first kappa shape index (κ1) is 15.1. The Hall–Kier alpha value is -2.33. The third kappa shape index (κ3) is 4.07. The molecule has 0 saturated carbocycles. The molecule has 0 saturated heterocycles. The van der Waals surface area contributed by atoms with Crippen LogP contribution in [0.3, 0.4) is 0 Å². The molecule has 2 aromatic carbocycles. The number of hydrogen-bond acceptors (Lipinski definition) is 4. The normalized spacial score (nSPS) is 11.7. The number of methoxy groups -OCH3 is 1. The highest BCUT2D eigenvalue weighted by atomic mass is 16.7. The molecular formula is C17H18O4. The Balaban J connectivity index is 2.07. The summed E-state index contributed by atoms with van der Waals surface area (Å²) >= 11 is 0. The summed E-state index contributed by atoms with van der Waals surface area (Å²) in [5, 5.41) is 0. The summed E-state index contributed by atoms with van der Waals surface area (Å²) in [5.74, 6) is 0.286. The highest BCUT2D eigenvalue weighted by Gasteiger charge is 2.12. The zero-order valence-corrected chi connectivity index (χ0v) is 12.1. The molecule has 0 aliphatic carbocycles. The standard InChI is InChI=1S/C17H18O4/c1-3-20-16(18)13-9-11-15(12-10-13)21-17(19-2)14-7-5-4-6-8-14/h4-12,17H,3H2,1-2H3. The van der Waals surface area contributed by atoms with Crippen molar-refractivity contribution in [2.45, 2.75) is 13.2 Å². The van der Waals surface area contributed by atoms with Crippen LogP contribution in [0.25, 0.3) is 0 Å². The summed E-state index contributed by atoms with van der Waals surface area (Å²) in [5.41, 5.74) is 1.42. The number of ether oxygens (including phenoxy) is 3. The van der Waals surface area contributed by atoms with E-state index in [2.05, 4.69) is 0 Å². The molecule has 0 heterocycles. The smallest absolute Gasteiger partial charge is 0.338 e. The van der Waals surface area contributed by atoms with Crippen molar-refractivity contribution in [2.24, 2.45) is 0 Å². The van der Waals surface area contributed by atoms with Crippen molar-refractivity contribution in [1.82, 2.24) is 0 Å². The van der Waals surface area contributed by atoms with Gasteiger partial charge in [-0.05, 0) is 31.2 Å². The second-order valence-electron chi connectivity index (χ2n) is 4.34. The van der Waals surface area contributed by atoms with Crippen molar-refractivity contribution >= 4 is 5.97 Å². The van der Waals surface area contributed by atoms with Crippen LogP contribution in [0.1, 0.15) is 29.1 Å². The van der Waals surface area contributed by atoms with Gasteiger partial charge in [-0.3, -0.25) is 0 Å². The summed E-state index contributed by atoms with van der Waals surface area (Å²) in [4.78, 5) is 11.6. The molecule has 2 rings (SSSR count). The average molecular weight is 286 g/mol.